The number of allylic oxidation sites excluding steroid dienone is 1. The Labute approximate surface area is 80.1 Å². The number of hydrogen-bond acceptors (Lipinski definition) is 1. The lowest BCUT2D eigenvalue weighted by molar-refractivity contribution is 1.09. The Morgan fingerprint density at radius 3 is 1.17 bits per heavy atom. The lowest BCUT2D eigenvalue weighted by Gasteiger charge is -1.79. The second-order valence-corrected chi connectivity index (χ2v) is 2.02. The summed E-state index contributed by atoms with van der Waals surface area (Å²) in [6.07, 6.45) is 2.36. The smallest absolute Gasteiger partial charge is 0.0195 e. The van der Waals surface area contributed by atoms with Gasteiger partial charge in [0.2, 0.25) is 0 Å². The Morgan fingerprint density at radius 2 is 1.17 bits per heavy atom. The fourth-order valence-electron chi connectivity index (χ4n) is 0. The van der Waals surface area contributed by atoms with Crippen LogP contribution in [0.2, 0.25) is 0 Å². The maximum atomic E-state index is 4.50. The minimum atomic E-state index is 1.11. The Kier molecular flexibility index (Phi) is 85.8. The second-order valence-electron chi connectivity index (χ2n) is 2.02. The molecule has 1 heteroatoms. The number of hydrogen-bond donors (Lipinski definition) is 1. The molecule has 0 saturated heterocycles. The summed E-state index contributed by atoms with van der Waals surface area (Å²) in [5, 5.41) is 0. The summed E-state index contributed by atoms with van der Waals surface area (Å²) in [6.45, 7) is 16.1. The SMILES string of the molecule is C=C(C)CC.CC.CCC.CN. The van der Waals surface area contributed by atoms with E-state index >= 15 is 0 Å². The molecule has 0 saturated carbocycles. The summed E-state index contributed by atoms with van der Waals surface area (Å²) in [5.41, 5.74) is 5.75. The monoisotopic (exact) mass is 175 g/mol. The largest absolute Gasteiger partial charge is 0.333 e. The van der Waals surface area contributed by atoms with Crippen LogP contribution in [0.5, 0.6) is 0 Å². The van der Waals surface area contributed by atoms with Crippen LogP contribution in [0, 0.1) is 0 Å². The molecule has 0 unspecified atom stereocenters. The van der Waals surface area contributed by atoms with E-state index in [1.165, 1.54) is 19.0 Å². The molecule has 2 N–H and O–H groups in total. The normalized spacial score (nSPS) is 5.67. The van der Waals surface area contributed by atoms with Crippen molar-refractivity contribution in [2.75, 3.05) is 7.05 Å². The van der Waals surface area contributed by atoms with E-state index in [-0.39, 0.29) is 0 Å². The maximum absolute atomic E-state index is 4.50. The van der Waals surface area contributed by atoms with Crippen LogP contribution in [0.25, 0.3) is 0 Å². The van der Waals surface area contributed by atoms with Gasteiger partial charge in [-0.2, -0.15) is 0 Å². The zero-order chi connectivity index (χ0) is 11.0. The van der Waals surface area contributed by atoms with Crippen LogP contribution < -0.4 is 5.73 Å². The molecule has 0 aromatic rings. The second kappa shape index (κ2) is 45.6. The predicted octanol–water partition coefficient (Wildman–Crippen LogP) is 3.99. The first-order valence-corrected chi connectivity index (χ1v) is 4.91. The van der Waals surface area contributed by atoms with E-state index in [1.54, 1.807) is 0 Å². The molecule has 1 nitrogen and oxygen atoms in total. The van der Waals surface area contributed by atoms with E-state index in [1.807, 2.05) is 20.8 Å². The lowest BCUT2D eigenvalue weighted by Crippen LogP contribution is -1.69. The summed E-state index contributed by atoms with van der Waals surface area (Å²) >= 11 is 0. The fraction of sp³-hybridized carbons (Fsp3) is 0.818. The Morgan fingerprint density at radius 1 is 1.08 bits per heavy atom. The molecule has 78 valence electrons. The first kappa shape index (κ1) is 22.6. The molecule has 0 aromatic carbocycles. The van der Waals surface area contributed by atoms with Crippen molar-refractivity contribution in [1.29, 1.82) is 0 Å². The number of rotatable bonds is 1. The van der Waals surface area contributed by atoms with Gasteiger partial charge in [0.1, 0.15) is 0 Å². The average molecular weight is 175 g/mol. The van der Waals surface area contributed by atoms with Gasteiger partial charge in [0, 0.05) is 0 Å². The van der Waals surface area contributed by atoms with Gasteiger partial charge in [-0.1, -0.05) is 46.6 Å². The molecule has 0 atom stereocenters. The van der Waals surface area contributed by atoms with Gasteiger partial charge in [-0.3, -0.25) is 0 Å². The standard InChI is InChI=1S/C5H10.C3H8.C2H6.CH5N/c1-4-5(2)3;1-3-2;2*1-2/h2,4H2,1,3H3;3H2,1-2H3;1-2H3;2H2,1H3. The maximum Gasteiger partial charge on any atom is -0.0195 e. The summed E-state index contributed by atoms with van der Waals surface area (Å²) in [4.78, 5) is 0. The molecule has 0 aliphatic heterocycles. The zero-order valence-electron chi connectivity index (χ0n) is 10.2. The summed E-state index contributed by atoms with van der Waals surface area (Å²) in [6, 6.07) is 0. The highest BCUT2D eigenvalue weighted by Crippen LogP contribution is 1.88. The first-order valence-electron chi connectivity index (χ1n) is 4.91. The molecule has 0 spiro atoms. The third kappa shape index (κ3) is 254. The predicted molar refractivity (Wildman–Crippen MR) is 62.5 cm³/mol. The number of nitrogens with two attached hydrogens (primary N) is 1. The minimum absolute atomic E-state index is 1.11. The highest BCUT2D eigenvalue weighted by Gasteiger charge is 1.67. The van der Waals surface area contributed by atoms with Crippen molar-refractivity contribution in [3.8, 4) is 0 Å². The molecular formula is C11H29N. The molecular weight excluding hydrogens is 146 g/mol. The van der Waals surface area contributed by atoms with Crippen molar-refractivity contribution in [3.05, 3.63) is 12.2 Å². The van der Waals surface area contributed by atoms with E-state index < -0.39 is 0 Å². The van der Waals surface area contributed by atoms with E-state index in [0.717, 1.165) is 6.42 Å². The molecule has 0 aliphatic carbocycles. The van der Waals surface area contributed by atoms with E-state index in [9.17, 15) is 0 Å². The van der Waals surface area contributed by atoms with E-state index in [4.69, 9.17) is 0 Å². The van der Waals surface area contributed by atoms with E-state index in [0.29, 0.717) is 0 Å². The van der Waals surface area contributed by atoms with Crippen LogP contribution in [-0.2, 0) is 0 Å². The van der Waals surface area contributed by atoms with Crippen LogP contribution in [0.3, 0.4) is 0 Å². The highest BCUT2D eigenvalue weighted by molar-refractivity contribution is 4.84. The summed E-state index contributed by atoms with van der Waals surface area (Å²) < 4.78 is 0. The third-order valence-corrected chi connectivity index (χ3v) is 0.604. The minimum Gasteiger partial charge on any atom is -0.333 e. The molecule has 0 aromatic heterocycles. The van der Waals surface area contributed by atoms with Gasteiger partial charge >= 0.3 is 0 Å². The van der Waals surface area contributed by atoms with Crippen molar-refractivity contribution in [1.82, 2.24) is 0 Å². The van der Waals surface area contributed by atoms with Crippen LogP contribution in [-0.4, -0.2) is 7.05 Å². The van der Waals surface area contributed by atoms with Gasteiger partial charge in [0.05, 0.1) is 0 Å². The van der Waals surface area contributed by atoms with Gasteiger partial charge in [-0.05, 0) is 20.4 Å². The van der Waals surface area contributed by atoms with Crippen LogP contribution in [0.4, 0.5) is 0 Å². The summed E-state index contributed by atoms with van der Waals surface area (Å²) in [7, 11) is 1.50. The molecule has 0 heterocycles. The highest BCUT2D eigenvalue weighted by atomic mass is 14.4. The fourth-order valence-corrected chi connectivity index (χ4v) is 0. The average Bonchev–Trinajstić information content (AvgIpc) is 2.13. The Balaban J connectivity index is -0.0000000397. The van der Waals surface area contributed by atoms with Gasteiger partial charge in [0.15, 0.2) is 0 Å². The van der Waals surface area contributed by atoms with Crippen molar-refractivity contribution in [2.24, 2.45) is 5.73 Å². The Bertz CT molecular complexity index is 49.0. The molecule has 0 fully saturated rings. The lowest BCUT2D eigenvalue weighted by atomic mass is 10.3. The molecule has 0 aliphatic rings. The molecule has 0 bridgehead atoms. The van der Waals surface area contributed by atoms with Gasteiger partial charge in [-0.25, -0.2) is 0 Å². The zero-order valence-corrected chi connectivity index (χ0v) is 10.2. The van der Waals surface area contributed by atoms with E-state index in [2.05, 4.69) is 33.1 Å². The summed E-state index contributed by atoms with van der Waals surface area (Å²) in [5.74, 6) is 0. The van der Waals surface area contributed by atoms with Crippen LogP contribution >= 0.6 is 0 Å². The van der Waals surface area contributed by atoms with Gasteiger partial charge in [0.25, 0.3) is 0 Å². The van der Waals surface area contributed by atoms with Crippen molar-refractivity contribution in [2.45, 2.75) is 54.4 Å². The molecule has 0 amide bonds. The molecule has 0 rings (SSSR count). The molecule has 0 radical (unpaired) electrons. The Hall–Kier alpha value is -0.300. The quantitative estimate of drug-likeness (QED) is 0.599. The van der Waals surface area contributed by atoms with Crippen molar-refractivity contribution >= 4 is 0 Å². The van der Waals surface area contributed by atoms with Crippen molar-refractivity contribution in [3.63, 3.8) is 0 Å². The van der Waals surface area contributed by atoms with Crippen LogP contribution in [0.1, 0.15) is 54.4 Å². The van der Waals surface area contributed by atoms with Gasteiger partial charge in [-0.15, -0.1) is 6.58 Å². The van der Waals surface area contributed by atoms with Gasteiger partial charge < -0.3 is 5.73 Å². The molecule has 12 heavy (non-hydrogen) atoms. The van der Waals surface area contributed by atoms with Crippen LogP contribution in [0.15, 0.2) is 12.2 Å². The third-order valence-electron chi connectivity index (χ3n) is 0.604. The topological polar surface area (TPSA) is 26.0 Å². The van der Waals surface area contributed by atoms with Crippen molar-refractivity contribution < 1.29 is 0 Å². The first-order chi connectivity index (χ1) is 5.68.